The van der Waals surface area contributed by atoms with Crippen molar-refractivity contribution in [1.29, 1.82) is 0 Å². The van der Waals surface area contributed by atoms with Crippen molar-refractivity contribution in [2.45, 2.75) is 19.3 Å². The van der Waals surface area contributed by atoms with Crippen LogP contribution in [0.1, 0.15) is 12.8 Å². The first kappa shape index (κ1) is 13.9. The minimum Gasteiger partial charge on any atom is -0.309 e. The van der Waals surface area contributed by atoms with Crippen molar-refractivity contribution in [1.82, 2.24) is 4.90 Å². The van der Waals surface area contributed by atoms with Gasteiger partial charge in [0.15, 0.2) is 0 Å². The SMILES string of the molecule is COSI.FC(F)CN1CCCC1. The third-order valence-corrected chi connectivity index (χ3v) is 2.86. The van der Waals surface area contributed by atoms with Crippen LogP contribution >= 0.6 is 30.4 Å². The summed E-state index contributed by atoms with van der Waals surface area (Å²) < 4.78 is 27.7. The molecule has 0 aliphatic carbocycles. The van der Waals surface area contributed by atoms with Crippen molar-refractivity contribution in [3.05, 3.63) is 0 Å². The Labute approximate surface area is 94.2 Å². The molecule has 1 saturated heterocycles. The molecule has 1 fully saturated rings. The fourth-order valence-corrected chi connectivity index (χ4v) is 1.16. The van der Waals surface area contributed by atoms with Gasteiger partial charge in [-0.25, -0.2) is 8.78 Å². The number of rotatable bonds is 3. The summed E-state index contributed by atoms with van der Waals surface area (Å²) in [6, 6.07) is 0. The molecule has 0 aromatic carbocycles. The molecular formula is C7H14F2INOS. The summed E-state index contributed by atoms with van der Waals surface area (Å²) in [4.78, 5) is 1.81. The van der Waals surface area contributed by atoms with E-state index in [2.05, 4.69) is 4.18 Å². The Balaban J connectivity index is 0.000000310. The normalized spacial score (nSPS) is 17.3. The largest absolute Gasteiger partial charge is 0.309 e. The summed E-state index contributed by atoms with van der Waals surface area (Å²) in [6.45, 7) is 1.70. The lowest BCUT2D eigenvalue weighted by molar-refractivity contribution is 0.0997. The van der Waals surface area contributed by atoms with Gasteiger partial charge in [0.1, 0.15) is 0 Å². The smallest absolute Gasteiger partial charge is 0.251 e. The monoisotopic (exact) mass is 325 g/mol. The number of nitrogens with zero attached hydrogens (tertiary/aromatic N) is 1. The van der Waals surface area contributed by atoms with E-state index >= 15 is 0 Å². The summed E-state index contributed by atoms with van der Waals surface area (Å²) >= 11 is 2.05. The van der Waals surface area contributed by atoms with E-state index in [4.69, 9.17) is 0 Å². The molecule has 1 rings (SSSR count). The average Bonchev–Trinajstić information content (AvgIpc) is 2.56. The molecule has 0 aromatic rings. The fraction of sp³-hybridized carbons (Fsp3) is 1.00. The molecule has 1 heterocycles. The molecule has 0 amide bonds. The highest BCUT2D eigenvalue weighted by Crippen LogP contribution is 2.09. The molecule has 2 nitrogen and oxygen atoms in total. The predicted octanol–water partition coefficient (Wildman–Crippen LogP) is 2.98. The fourth-order valence-electron chi connectivity index (χ4n) is 1.16. The summed E-state index contributed by atoms with van der Waals surface area (Å²) in [5.41, 5.74) is 0. The lowest BCUT2D eigenvalue weighted by atomic mass is 10.4. The Morgan fingerprint density at radius 1 is 1.46 bits per heavy atom. The molecule has 0 bridgehead atoms. The van der Waals surface area contributed by atoms with E-state index in [0.29, 0.717) is 0 Å². The van der Waals surface area contributed by atoms with Crippen molar-refractivity contribution in [2.75, 3.05) is 26.7 Å². The van der Waals surface area contributed by atoms with Gasteiger partial charge in [-0.1, -0.05) is 0 Å². The number of hydrogen-bond donors (Lipinski definition) is 0. The summed E-state index contributed by atoms with van der Waals surface area (Å²) in [6.07, 6.45) is 0.0301. The van der Waals surface area contributed by atoms with Crippen molar-refractivity contribution in [3.8, 4) is 0 Å². The van der Waals surface area contributed by atoms with Gasteiger partial charge < -0.3 is 4.18 Å². The van der Waals surface area contributed by atoms with Gasteiger partial charge in [-0.2, -0.15) is 0 Å². The van der Waals surface area contributed by atoms with Crippen LogP contribution in [0.5, 0.6) is 0 Å². The van der Waals surface area contributed by atoms with E-state index in [9.17, 15) is 8.78 Å². The van der Waals surface area contributed by atoms with E-state index < -0.39 is 6.43 Å². The van der Waals surface area contributed by atoms with E-state index in [0.717, 1.165) is 25.9 Å². The predicted molar refractivity (Wildman–Crippen MR) is 60.3 cm³/mol. The molecule has 0 aromatic heterocycles. The molecule has 6 heteroatoms. The van der Waals surface area contributed by atoms with Crippen molar-refractivity contribution in [3.63, 3.8) is 0 Å². The molecule has 80 valence electrons. The van der Waals surface area contributed by atoms with E-state index in [1.165, 1.54) is 9.21 Å². The number of likely N-dealkylation sites (tertiary alicyclic amines) is 1. The molecule has 0 saturated carbocycles. The molecule has 0 spiro atoms. The highest BCUT2D eigenvalue weighted by Gasteiger charge is 2.15. The summed E-state index contributed by atoms with van der Waals surface area (Å²) in [5, 5.41) is 0. The van der Waals surface area contributed by atoms with Crippen LogP contribution in [0.4, 0.5) is 8.78 Å². The minimum atomic E-state index is -2.15. The Hall–Kier alpha value is 0.860. The lowest BCUT2D eigenvalue weighted by Gasteiger charge is -2.12. The molecule has 0 radical (unpaired) electrons. The number of halogens is 3. The highest BCUT2D eigenvalue weighted by atomic mass is 127. The van der Waals surface area contributed by atoms with Gasteiger partial charge in [0.25, 0.3) is 6.43 Å². The zero-order valence-electron chi connectivity index (χ0n) is 7.51. The highest BCUT2D eigenvalue weighted by molar-refractivity contribution is 14.2. The molecular weight excluding hydrogens is 311 g/mol. The minimum absolute atomic E-state index is 0.0278. The maximum absolute atomic E-state index is 11.6. The van der Waals surface area contributed by atoms with Gasteiger partial charge >= 0.3 is 0 Å². The van der Waals surface area contributed by atoms with Gasteiger partial charge in [0.05, 0.1) is 22.9 Å². The average molecular weight is 325 g/mol. The molecule has 1 aliphatic heterocycles. The van der Waals surface area contributed by atoms with Crippen molar-refractivity contribution in [2.24, 2.45) is 0 Å². The van der Waals surface area contributed by atoms with E-state index in [-0.39, 0.29) is 6.54 Å². The second-order valence-electron chi connectivity index (χ2n) is 2.63. The first-order chi connectivity index (χ1) is 6.20. The quantitative estimate of drug-likeness (QED) is 0.585. The van der Waals surface area contributed by atoms with Crippen LogP contribution < -0.4 is 0 Å². The Morgan fingerprint density at radius 2 is 1.92 bits per heavy atom. The zero-order chi connectivity index (χ0) is 10.1. The van der Waals surface area contributed by atoms with Gasteiger partial charge in [-0.15, -0.1) is 0 Å². The standard InChI is InChI=1S/C6H11F2N.CH3IOS/c7-6(8)5-9-3-1-2-4-9;1-3-4-2/h6H,1-5H2;1H3. The summed E-state index contributed by atoms with van der Waals surface area (Å²) in [7, 11) is 2.96. The van der Waals surface area contributed by atoms with Crippen LogP contribution in [-0.4, -0.2) is 38.1 Å². The van der Waals surface area contributed by atoms with Crippen LogP contribution in [0.2, 0.25) is 0 Å². The van der Waals surface area contributed by atoms with Crippen LogP contribution in [0.3, 0.4) is 0 Å². The maximum Gasteiger partial charge on any atom is 0.251 e. The van der Waals surface area contributed by atoms with Gasteiger partial charge in [-0.05, 0) is 25.9 Å². The van der Waals surface area contributed by atoms with Crippen molar-refractivity contribution < 1.29 is 13.0 Å². The van der Waals surface area contributed by atoms with E-state index in [1.54, 1.807) is 7.11 Å². The number of hydrogen-bond acceptors (Lipinski definition) is 3. The molecule has 0 atom stereocenters. The van der Waals surface area contributed by atoms with Crippen LogP contribution in [0, 0.1) is 0 Å². The Bertz CT molecular complexity index is 113. The second kappa shape index (κ2) is 9.42. The van der Waals surface area contributed by atoms with Gasteiger partial charge in [-0.3, -0.25) is 4.90 Å². The van der Waals surface area contributed by atoms with Crippen LogP contribution in [0.15, 0.2) is 0 Å². The molecule has 0 unspecified atom stereocenters. The maximum atomic E-state index is 11.6. The molecule has 1 aliphatic rings. The second-order valence-corrected chi connectivity index (χ2v) is 4.17. The zero-order valence-corrected chi connectivity index (χ0v) is 10.5. The topological polar surface area (TPSA) is 12.5 Å². The summed E-state index contributed by atoms with van der Waals surface area (Å²) in [5.74, 6) is 0. The van der Waals surface area contributed by atoms with Crippen molar-refractivity contribution >= 4 is 30.4 Å². The van der Waals surface area contributed by atoms with Crippen LogP contribution in [0.25, 0.3) is 0 Å². The third-order valence-electron chi connectivity index (χ3n) is 1.66. The molecule has 0 N–H and O–H groups in total. The van der Waals surface area contributed by atoms with E-state index in [1.807, 2.05) is 26.1 Å². The number of alkyl halides is 2. The lowest BCUT2D eigenvalue weighted by Crippen LogP contribution is -2.25. The van der Waals surface area contributed by atoms with Gasteiger partial charge in [0, 0.05) is 21.2 Å². The van der Waals surface area contributed by atoms with Crippen LogP contribution in [-0.2, 0) is 4.18 Å². The molecule has 13 heavy (non-hydrogen) atoms. The van der Waals surface area contributed by atoms with Gasteiger partial charge in [0.2, 0.25) is 0 Å². The Kier molecular flexibility index (Phi) is 10.0. The first-order valence-corrected chi connectivity index (χ1v) is 7.31. The third kappa shape index (κ3) is 9.17. The first-order valence-electron chi connectivity index (χ1n) is 4.02. The Morgan fingerprint density at radius 3 is 2.23 bits per heavy atom.